The number of alkyl halides is 1. The summed E-state index contributed by atoms with van der Waals surface area (Å²) in [4.78, 5) is 13.2. The van der Waals surface area contributed by atoms with Crippen LogP contribution in [0, 0.1) is 5.92 Å². The molecule has 0 aromatic carbocycles. The summed E-state index contributed by atoms with van der Waals surface area (Å²) < 4.78 is 0. The second-order valence-corrected chi connectivity index (χ2v) is 6.70. The SMILES string of the molecule is CC1CCC(CCl)(NC(=O)Cc2cccs2)CC1. The number of hydrogen-bond donors (Lipinski definition) is 1. The van der Waals surface area contributed by atoms with Crippen LogP contribution in [0.3, 0.4) is 0 Å². The highest BCUT2D eigenvalue weighted by Crippen LogP contribution is 2.32. The first-order valence-corrected chi connectivity index (χ1v) is 7.94. The van der Waals surface area contributed by atoms with E-state index < -0.39 is 0 Å². The Bertz CT molecular complexity index is 383. The lowest BCUT2D eigenvalue weighted by Crippen LogP contribution is -2.52. The largest absolute Gasteiger partial charge is 0.349 e. The van der Waals surface area contributed by atoms with Crippen molar-refractivity contribution in [3.63, 3.8) is 0 Å². The molecule has 1 aromatic heterocycles. The highest BCUT2D eigenvalue weighted by molar-refractivity contribution is 7.10. The van der Waals surface area contributed by atoms with Gasteiger partial charge in [-0.3, -0.25) is 4.79 Å². The van der Waals surface area contributed by atoms with Gasteiger partial charge < -0.3 is 5.32 Å². The van der Waals surface area contributed by atoms with Crippen molar-refractivity contribution in [2.75, 3.05) is 5.88 Å². The molecule has 0 unspecified atom stereocenters. The first-order chi connectivity index (χ1) is 8.63. The number of thiophene rings is 1. The van der Waals surface area contributed by atoms with Gasteiger partial charge in [-0.05, 0) is 43.0 Å². The normalized spacial score (nSPS) is 28.0. The molecule has 2 nitrogen and oxygen atoms in total. The Morgan fingerprint density at radius 1 is 1.56 bits per heavy atom. The van der Waals surface area contributed by atoms with Crippen molar-refractivity contribution in [3.05, 3.63) is 22.4 Å². The zero-order valence-corrected chi connectivity index (χ0v) is 12.3. The third-order valence-corrected chi connectivity index (χ3v) is 5.19. The van der Waals surface area contributed by atoms with Crippen molar-refractivity contribution in [1.29, 1.82) is 0 Å². The maximum atomic E-state index is 12.1. The van der Waals surface area contributed by atoms with Crippen molar-refractivity contribution in [2.24, 2.45) is 5.92 Å². The van der Waals surface area contributed by atoms with Gasteiger partial charge in [0.05, 0.1) is 12.0 Å². The van der Waals surface area contributed by atoms with E-state index in [2.05, 4.69) is 12.2 Å². The molecular formula is C14H20ClNOS. The van der Waals surface area contributed by atoms with Gasteiger partial charge >= 0.3 is 0 Å². The molecule has 0 aliphatic heterocycles. The van der Waals surface area contributed by atoms with Crippen LogP contribution in [0.1, 0.15) is 37.5 Å². The first-order valence-electron chi connectivity index (χ1n) is 6.53. The molecule has 0 spiro atoms. The average Bonchev–Trinajstić information content (AvgIpc) is 2.85. The summed E-state index contributed by atoms with van der Waals surface area (Å²) in [5.41, 5.74) is -0.164. The van der Waals surface area contributed by atoms with Crippen LogP contribution >= 0.6 is 22.9 Å². The lowest BCUT2D eigenvalue weighted by molar-refractivity contribution is -0.122. The molecule has 1 amide bonds. The molecule has 1 heterocycles. The van der Waals surface area contributed by atoms with Crippen molar-refractivity contribution < 1.29 is 4.79 Å². The van der Waals surface area contributed by atoms with Crippen molar-refractivity contribution in [1.82, 2.24) is 5.32 Å². The molecule has 0 radical (unpaired) electrons. The number of rotatable bonds is 4. The van der Waals surface area contributed by atoms with Crippen LogP contribution in [-0.2, 0) is 11.2 Å². The summed E-state index contributed by atoms with van der Waals surface area (Å²) in [5.74, 6) is 1.39. The van der Waals surface area contributed by atoms with E-state index in [-0.39, 0.29) is 11.4 Å². The molecule has 4 heteroatoms. The molecule has 1 N–H and O–H groups in total. The van der Waals surface area contributed by atoms with E-state index >= 15 is 0 Å². The number of hydrogen-bond acceptors (Lipinski definition) is 2. The van der Waals surface area contributed by atoms with Crippen LogP contribution < -0.4 is 5.32 Å². The molecule has 100 valence electrons. The van der Waals surface area contributed by atoms with E-state index in [0.717, 1.165) is 36.5 Å². The number of halogens is 1. The third-order valence-electron chi connectivity index (χ3n) is 3.81. The standard InChI is InChI=1S/C14H20ClNOS/c1-11-4-6-14(10-15,7-5-11)16-13(17)9-12-3-2-8-18-12/h2-3,8,11H,4-7,9-10H2,1H3,(H,16,17). The van der Waals surface area contributed by atoms with Crippen LogP contribution in [0.2, 0.25) is 0 Å². The maximum Gasteiger partial charge on any atom is 0.225 e. The predicted molar refractivity (Wildman–Crippen MR) is 77.2 cm³/mol. The number of carbonyl (C=O) groups excluding carboxylic acids is 1. The molecule has 1 aliphatic carbocycles. The van der Waals surface area contributed by atoms with E-state index in [9.17, 15) is 4.79 Å². The zero-order valence-electron chi connectivity index (χ0n) is 10.7. The van der Waals surface area contributed by atoms with Gasteiger partial charge in [0.1, 0.15) is 0 Å². The summed E-state index contributed by atoms with van der Waals surface area (Å²) in [7, 11) is 0. The van der Waals surface area contributed by atoms with Crippen LogP contribution in [0.25, 0.3) is 0 Å². The fraction of sp³-hybridized carbons (Fsp3) is 0.643. The van der Waals surface area contributed by atoms with Crippen LogP contribution in [0.5, 0.6) is 0 Å². The van der Waals surface area contributed by atoms with Crippen molar-refractivity contribution in [2.45, 2.75) is 44.6 Å². The molecule has 1 fully saturated rings. The number of nitrogens with one attached hydrogen (secondary N) is 1. The van der Waals surface area contributed by atoms with E-state index in [1.807, 2.05) is 17.5 Å². The van der Waals surface area contributed by atoms with Gasteiger partial charge in [0.25, 0.3) is 0 Å². The van der Waals surface area contributed by atoms with Gasteiger partial charge in [0.15, 0.2) is 0 Å². The summed E-state index contributed by atoms with van der Waals surface area (Å²) >= 11 is 7.73. The Kier molecular flexibility index (Phi) is 4.68. The first kappa shape index (κ1) is 13.9. The molecular weight excluding hydrogens is 266 g/mol. The lowest BCUT2D eigenvalue weighted by Gasteiger charge is -2.38. The maximum absolute atomic E-state index is 12.1. The zero-order chi connectivity index (χ0) is 13.0. The van der Waals surface area contributed by atoms with E-state index in [4.69, 9.17) is 11.6 Å². The molecule has 18 heavy (non-hydrogen) atoms. The van der Waals surface area contributed by atoms with E-state index in [0.29, 0.717) is 12.3 Å². The molecule has 0 bridgehead atoms. The van der Waals surface area contributed by atoms with Gasteiger partial charge in [0.2, 0.25) is 5.91 Å². The Labute approximate surface area is 118 Å². The number of amides is 1. The Morgan fingerprint density at radius 2 is 2.28 bits per heavy atom. The highest BCUT2D eigenvalue weighted by atomic mass is 35.5. The topological polar surface area (TPSA) is 29.1 Å². The van der Waals surface area contributed by atoms with E-state index in [1.54, 1.807) is 11.3 Å². The average molecular weight is 286 g/mol. The lowest BCUT2D eigenvalue weighted by atomic mass is 9.78. The molecule has 1 saturated carbocycles. The van der Waals surface area contributed by atoms with Gasteiger partial charge in [-0.2, -0.15) is 0 Å². The molecule has 1 aliphatic rings. The smallest absolute Gasteiger partial charge is 0.225 e. The molecule has 2 rings (SSSR count). The van der Waals surface area contributed by atoms with Crippen molar-refractivity contribution >= 4 is 28.8 Å². The quantitative estimate of drug-likeness (QED) is 0.842. The van der Waals surface area contributed by atoms with Gasteiger partial charge in [-0.15, -0.1) is 22.9 Å². The van der Waals surface area contributed by atoms with Crippen LogP contribution in [0.4, 0.5) is 0 Å². The predicted octanol–water partition coefficient (Wildman–Crippen LogP) is 3.59. The summed E-state index contributed by atoms with van der Waals surface area (Å²) in [6.07, 6.45) is 4.81. The monoisotopic (exact) mass is 285 g/mol. The third kappa shape index (κ3) is 3.48. The molecule has 0 saturated heterocycles. The number of carbonyl (C=O) groups is 1. The fourth-order valence-electron chi connectivity index (χ4n) is 2.52. The molecule has 1 aromatic rings. The minimum atomic E-state index is -0.164. The van der Waals surface area contributed by atoms with Gasteiger partial charge in [0, 0.05) is 10.8 Å². The summed E-state index contributed by atoms with van der Waals surface area (Å²) in [6.45, 7) is 2.27. The Balaban J connectivity index is 1.91. The molecule has 0 atom stereocenters. The minimum absolute atomic E-state index is 0.104. The second-order valence-electron chi connectivity index (χ2n) is 5.40. The Morgan fingerprint density at radius 3 is 2.83 bits per heavy atom. The van der Waals surface area contributed by atoms with Crippen LogP contribution in [-0.4, -0.2) is 17.3 Å². The fourth-order valence-corrected chi connectivity index (χ4v) is 3.56. The van der Waals surface area contributed by atoms with E-state index in [1.165, 1.54) is 0 Å². The highest BCUT2D eigenvalue weighted by Gasteiger charge is 2.34. The van der Waals surface area contributed by atoms with Gasteiger partial charge in [-0.1, -0.05) is 13.0 Å². The minimum Gasteiger partial charge on any atom is -0.349 e. The van der Waals surface area contributed by atoms with Crippen LogP contribution in [0.15, 0.2) is 17.5 Å². The second kappa shape index (κ2) is 6.07. The van der Waals surface area contributed by atoms with Gasteiger partial charge in [-0.25, -0.2) is 0 Å². The summed E-state index contributed by atoms with van der Waals surface area (Å²) in [5, 5.41) is 5.18. The Hall–Kier alpha value is -0.540. The van der Waals surface area contributed by atoms with Crippen molar-refractivity contribution in [3.8, 4) is 0 Å². The summed E-state index contributed by atoms with van der Waals surface area (Å²) in [6, 6.07) is 3.98.